The first-order valence-corrected chi connectivity index (χ1v) is 9.87. The van der Waals surface area contributed by atoms with Gasteiger partial charge in [0.1, 0.15) is 11.5 Å². The van der Waals surface area contributed by atoms with Gasteiger partial charge in [0.05, 0.1) is 49.3 Å². The zero-order valence-corrected chi connectivity index (χ0v) is 17.0. The molecule has 0 unspecified atom stereocenters. The molecule has 0 aliphatic carbocycles. The van der Waals surface area contributed by atoms with Crippen LogP contribution >= 0.6 is 0 Å². The molecule has 30 heavy (non-hydrogen) atoms. The normalized spacial score (nSPS) is 16.3. The van der Waals surface area contributed by atoms with E-state index in [4.69, 9.17) is 14.2 Å². The number of aromatic hydroxyl groups is 1. The zero-order valence-electron chi connectivity index (χ0n) is 17.0. The van der Waals surface area contributed by atoms with E-state index in [0.717, 1.165) is 0 Å². The molecule has 0 bridgehead atoms. The highest BCUT2D eigenvalue weighted by molar-refractivity contribution is 5.95. The largest absolute Gasteiger partial charge is 0.507 e. The number of morpholine rings is 1. The Morgan fingerprint density at radius 3 is 3.00 bits per heavy atom. The van der Waals surface area contributed by atoms with Crippen LogP contribution in [0, 0.1) is 0 Å². The highest BCUT2D eigenvalue weighted by Crippen LogP contribution is 2.26. The number of nitrogens with zero attached hydrogens (tertiary/aromatic N) is 2. The Labute approximate surface area is 175 Å². The molecule has 1 saturated heterocycles. The molecule has 1 fully saturated rings. The van der Waals surface area contributed by atoms with Crippen molar-refractivity contribution in [1.82, 2.24) is 9.88 Å². The third kappa shape index (κ3) is 5.14. The molecule has 1 aliphatic heterocycles. The van der Waals surface area contributed by atoms with Crippen molar-refractivity contribution < 1.29 is 28.9 Å². The lowest BCUT2D eigenvalue weighted by Crippen LogP contribution is -2.49. The van der Waals surface area contributed by atoms with E-state index in [9.17, 15) is 14.7 Å². The molecular formula is C22H26N2O6. The summed E-state index contributed by atoms with van der Waals surface area (Å²) in [5.41, 5.74) is 1.39. The molecule has 0 saturated carbocycles. The van der Waals surface area contributed by atoms with Gasteiger partial charge in [0.25, 0.3) is 5.91 Å². The number of hydrogen-bond acceptors (Lipinski definition) is 7. The van der Waals surface area contributed by atoms with Gasteiger partial charge in [-0.15, -0.1) is 0 Å². The van der Waals surface area contributed by atoms with Gasteiger partial charge in [-0.3, -0.25) is 14.6 Å². The van der Waals surface area contributed by atoms with Gasteiger partial charge in [-0.05, 0) is 24.3 Å². The van der Waals surface area contributed by atoms with Gasteiger partial charge in [0, 0.05) is 32.7 Å². The van der Waals surface area contributed by atoms with Crippen LogP contribution in [0.4, 0.5) is 0 Å². The molecule has 0 spiro atoms. The number of aldehydes is 1. The number of methoxy groups -OCH3 is 1. The second-order valence-electron chi connectivity index (χ2n) is 6.91. The summed E-state index contributed by atoms with van der Waals surface area (Å²) in [6.07, 6.45) is 3.32. The first-order chi connectivity index (χ1) is 14.7. The number of ether oxygens (including phenoxy) is 3. The minimum atomic E-state index is -0.168. The van der Waals surface area contributed by atoms with Gasteiger partial charge in [-0.1, -0.05) is 6.07 Å². The molecule has 1 aromatic heterocycles. The molecule has 1 N–H and O–H groups in total. The maximum absolute atomic E-state index is 13.2. The standard InChI is InChI=1S/C22H26N2O6/c1-28-11-8-19-17(4-3-9-23-19)22(27)24-10-13-29-15-16(24)7-12-30-21-6-2-5-20(26)18(21)14-25/h2-6,9,14,16,26H,7-8,10-13,15H2,1H3/t16-/m1/s1. The van der Waals surface area contributed by atoms with Gasteiger partial charge in [0.15, 0.2) is 6.29 Å². The molecule has 3 rings (SSSR count). The van der Waals surface area contributed by atoms with Crippen LogP contribution in [-0.2, 0) is 15.9 Å². The fraction of sp³-hybridized carbons (Fsp3) is 0.409. The minimum Gasteiger partial charge on any atom is -0.507 e. The molecule has 0 radical (unpaired) electrons. The van der Waals surface area contributed by atoms with Gasteiger partial charge >= 0.3 is 0 Å². The SMILES string of the molecule is COCCc1ncccc1C(=O)N1CCOC[C@H]1CCOc1cccc(O)c1C=O. The quantitative estimate of drug-likeness (QED) is 0.628. The van der Waals surface area contributed by atoms with Crippen LogP contribution in [0.1, 0.15) is 32.8 Å². The van der Waals surface area contributed by atoms with Gasteiger partial charge in [-0.2, -0.15) is 0 Å². The van der Waals surface area contributed by atoms with Crippen LogP contribution in [0.15, 0.2) is 36.5 Å². The molecule has 160 valence electrons. The molecule has 2 heterocycles. The summed E-state index contributed by atoms with van der Waals surface area (Å²) in [5, 5.41) is 9.77. The molecule has 1 atom stereocenters. The first kappa shape index (κ1) is 21.7. The minimum absolute atomic E-state index is 0.0894. The maximum atomic E-state index is 13.2. The Balaban J connectivity index is 1.68. The van der Waals surface area contributed by atoms with Crippen LogP contribution in [0.5, 0.6) is 11.5 Å². The number of phenolic OH excluding ortho intramolecular Hbond substituents is 1. The summed E-state index contributed by atoms with van der Waals surface area (Å²) < 4.78 is 16.4. The predicted octanol–water partition coefficient (Wildman–Crippen LogP) is 2.10. The summed E-state index contributed by atoms with van der Waals surface area (Å²) in [5.74, 6) is 0.0997. The number of amides is 1. The van der Waals surface area contributed by atoms with Crippen molar-refractivity contribution >= 4 is 12.2 Å². The van der Waals surface area contributed by atoms with E-state index in [1.165, 1.54) is 6.07 Å². The van der Waals surface area contributed by atoms with E-state index in [1.807, 2.05) is 0 Å². The molecule has 1 aromatic carbocycles. The maximum Gasteiger partial charge on any atom is 0.256 e. The van der Waals surface area contributed by atoms with E-state index in [2.05, 4.69) is 4.98 Å². The van der Waals surface area contributed by atoms with Gasteiger partial charge in [-0.25, -0.2) is 0 Å². The summed E-state index contributed by atoms with van der Waals surface area (Å²) in [4.78, 5) is 30.6. The van der Waals surface area contributed by atoms with Crippen molar-refractivity contribution in [1.29, 1.82) is 0 Å². The average Bonchev–Trinajstić information content (AvgIpc) is 2.78. The number of pyridine rings is 1. The predicted molar refractivity (Wildman–Crippen MR) is 109 cm³/mol. The van der Waals surface area contributed by atoms with Crippen molar-refractivity contribution in [2.75, 3.05) is 40.1 Å². The highest BCUT2D eigenvalue weighted by Gasteiger charge is 2.29. The monoisotopic (exact) mass is 414 g/mol. The third-order valence-electron chi connectivity index (χ3n) is 5.02. The van der Waals surface area contributed by atoms with Crippen molar-refractivity contribution in [2.24, 2.45) is 0 Å². The molecule has 8 heteroatoms. The van der Waals surface area contributed by atoms with Crippen molar-refractivity contribution in [2.45, 2.75) is 18.9 Å². The second kappa shape index (κ2) is 10.7. The molecule has 8 nitrogen and oxygen atoms in total. The Bertz CT molecular complexity index is 872. The number of rotatable bonds is 9. The summed E-state index contributed by atoms with van der Waals surface area (Å²) in [7, 11) is 1.62. The van der Waals surface area contributed by atoms with E-state index in [-0.39, 0.29) is 29.9 Å². The second-order valence-corrected chi connectivity index (χ2v) is 6.91. The summed E-state index contributed by atoms with van der Waals surface area (Å²) >= 11 is 0. The van der Waals surface area contributed by atoms with Crippen LogP contribution in [0.25, 0.3) is 0 Å². The Kier molecular flexibility index (Phi) is 7.75. The number of aromatic nitrogens is 1. The van der Waals surface area contributed by atoms with Crippen LogP contribution in [0.3, 0.4) is 0 Å². The number of hydrogen-bond donors (Lipinski definition) is 1. The van der Waals surface area contributed by atoms with Crippen molar-refractivity contribution in [3.8, 4) is 11.5 Å². The summed E-state index contributed by atoms with van der Waals surface area (Å²) in [6.45, 7) is 2.11. The van der Waals surface area contributed by atoms with Crippen LogP contribution in [0.2, 0.25) is 0 Å². The van der Waals surface area contributed by atoms with Gasteiger partial charge < -0.3 is 24.2 Å². The molecule has 1 aliphatic rings. The van der Waals surface area contributed by atoms with E-state index in [1.54, 1.807) is 42.5 Å². The van der Waals surface area contributed by atoms with Crippen molar-refractivity contribution in [3.63, 3.8) is 0 Å². The number of carbonyl (C=O) groups is 2. The van der Waals surface area contributed by atoms with E-state index < -0.39 is 0 Å². The van der Waals surface area contributed by atoms with Crippen LogP contribution < -0.4 is 4.74 Å². The van der Waals surface area contributed by atoms with Gasteiger partial charge in [0.2, 0.25) is 0 Å². The lowest BCUT2D eigenvalue weighted by Gasteiger charge is -2.36. The topological polar surface area (TPSA) is 98.2 Å². The summed E-state index contributed by atoms with van der Waals surface area (Å²) in [6, 6.07) is 8.04. The Morgan fingerprint density at radius 2 is 2.20 bits per heavy atom. The third-order valence-corrected chi connectivity index (χ3v) is 5.02. The average molecular weight is 414 g/mol. The number of carbonyl (C=O) groups excluding carboxylic acids is 2. The van der Waals surface area contributed by atoms with Crippen LogP contribution in [-0.4, -0.2) is 73.3 Å². The number of phenols is 1. The fourth-order valence-electron chi connectivity index (χ4n) is 3.43. The zero-order chi connectivity index (χ0) is 21.3. The molecular weight excluding hydrogens is 388 g/mol. The van der Waals surface area contributed by atoms with Crippen molar-refractivity contribution in [3.05, 3.63) is 53.3 Å². The Morgan fingerprint density at radius 1 is 1.33 bits per heavy atom. The van der Waals surface area contributed by atoms with E-state index in [0.29, 0.717) is 62.5 Å². The lowest BCUT2D eigenvalue weighted by atomic mass is 10.1. The first-order valence-electron chi connectivity index (χ1n) is 9.87. The molecule has 1 amide bonds. The smallest absolute Gasteiger partial charge is 0.256 e. The van der Waals surface area contributed by atoms with E-state index >= 15 is 0 Å². The fourth-order valence-corrected chi connectivity index (χ4v) is 3.43. The Hall–Kier alpha value is -2.97. The lowest BCUT2D eigenvalue weighted by molar-refractivity contribution is -0.00752. The highest BCUT2D eigenvalue weighted by atomic mass is 16.5. The molecule has 2 aromatic rings. The number of benzene rings is 1.